The number of amides is 3. The molecule has 0 aliphatic carbocycles. The van der Waals surface area contributed by atoms with Gasteiger partial charge in [0.25, 0.3) is 0 Å². The van der Waals surface area contributed by atoms with E-state index in [4.69, 9.17) is 4.74 Å². The maximum Gasteiger partial charge on any atom is 0.317 e. The lowest BCUT2D eigenvalue weighted by Crippen LogP contribution is -2.49. The average molecular weight is 363 g/mol. The number of halogens is 1. The van der Waals surface area contributed by atoms with E-state index in [9.17, 15) is 18.8 Å². The van der Waals surface area contributed by atoms with Gasteiger partial charge in [-0.3, -0.25) is 9.59 Å². The number of carbonyl (C=O) groups excluding carboxylic acids is 3. The Balaban J connectivity index is 1.52. The van der Waals surface area contributed by atoms with E-state index < -0.39 is 0 Å². The quantitative estimate of drug-likeness (QED) is 0.826. The van der Waals surface area contributed by atoms with Gasteiger partial charge in [0.05, 0.1) is 19.1 Å². The number of anilines is 1. The maximum atomic E-state index is 13.0. The third kappa shape index (κ3) is 3.95. The first kappa shape index (κ1) is 18.2. The van der Waals surface area contributed by atoms with Crippen molar-refractivity contribution in [3.63, 3.8) is 0 Å². The number of ether oxygens (including phenoxy) is 1. The third-order valence-corrected chi connectivity index (χ3v) is 4.91. The smallest absolute Gasteiger partial charge is 0.317 e. The number of piperidine rings is 1. The predicted molar refractivity (Wildman–Crippen MR) is 92.0 cm³/mol. The van der Waals surface area contributed by atoms with Crippen LogP contribution in [0.5, 0.6) is 0 Å². The van der Waals surface area contributed by atoms with Gasteiger partial charge in [-0.15, -0.1) is 0 Å². The molecule has 140 valence electrons. The zero-order chi connectivity index (χ0) is 18.7. The van der Waals surface area contributed by atoms with Crippen molar-refractivity contribution < 1.29 is 23.5 Å². The van der Waals surface area contributed by atoms with Crippen molar-refractivity contribution in [2.45, 2.75) is 25.3 Å². The summed E-state index contributed by atoms with van der Waals surface area (Å²) in [5.74, 6) is -0.862. The van der Waals surface area contributed by atoms with Crippen molar-refractivity contribution in [1.82, 2.24) is 10.2 Å². The summed E-state index contributed by atoms with van der Waals surface area (Å²) >= 11 is 0. The Bertz CT molecular complexity index is 686. The normalized spacial score (nSPS) is 21.0. The second-order valence-corrected chi connectivity index (χ2v) is 6.62. The third-order valence-electron chi connectivity index (χ3n) is 4.91. The van der Waals surface area contributed by atoms with Gasteiger partial charge in [0, 0.05) is 31.7 Å². The topological polar surface area (TPSA) is 79.0 Å². The van der Waals surface area contributed by atoms with Gasteiger partial charge in [-0.1, -0.05) is 0 Å². The predicted octanol–water partition coefficient (Wildman–Crippen LogP) is 1.53. The van der Waals surface area contributed by atoms with Gasteiger partial charge in [-0.05, 0) is 37.1 Å². The molecule has 2 fully saturated rings. The molecule has 2 aliphatic rings. The molecule has 0 saturated carbocycles. The minimum Gasteiger partial charge on any atom is -0.469 e. The van der Waals surface area contributed by atoms with Crippen LogP contribution in [0.1, 0.15) is 19.3 Å². The fraction of sp³-hybridized carbons (Fsp3) is 0.500. The van der Waals surface area contributed by atoms with Gasteiger partial charge in [0.1, 0.15) is 5.82 Å². The molecule has 26 heavy (non-hydrogen) atoms. The first-order valence-electron chi connectivity index (χ1n) is 8.67. The van der Waals surface area contributed by atoms with Gasteiger partial charge in [0.2, 0.25) is 5.91 Å². The second-order valence-electron chi connectivity index (χ2n) is 6.62. The van der Waals surface area contributed by atoms with Crippen LogP contribution in [0, 0.1) is 11.7 Å². The van der Waals surface area contributed by atoms with Gasteiger partial charge in [-0.2, -0.15) is 0 Å². The summed E-state index contributed by atoms with van der Waals surface area (Å²) in [5, 5.41) is 2.88. The van der Waals surface area contributed by atoms with Crippen LogP contribution >= 0.6 is 0 Å². The summed E-state index contributed by atoms with van der Waals surface area (Å²) in [5.41, 5.74) is 0.618. The van der Waals surface area contributed by atoms with Crippen molar-refractivity contribution in [2.24, 2.45) is 5.92 Å². The molecule has 1 unspecified atom stereocenters. The molecule has 1 N–H and O–H groups in total. The zero-order valence-corrected chi connectivity index (χ0v) is 14.6. The summed E-state index contributed by atoms with van der Waals surface area (Å²) in [4.78, 5) is 39.4. The van der Waals surface area contributed by atoms with Crippen molar-refractivity contribution in [2.75, 3.05) is 31.6 Å². The Morgan fingerprint density at radius 2 is 1.85 bits per heavy atom. The molecule has 2 aliphatic heterocycles. The number of carbonyl (C=O) groups is 3. The lowest BCUT2D eigenvalue weighted by Gasteiger charge is -2.31. The van der Waals surface area contributed by atoms with Gasteiger partial charge < -0.3 is 19.9 Å². The lowest BCUT2D eigenvalue weighted by atomic mass is 9.97. The number of hydrogen-bond acceptors (Lipinski definition) is 4. The number of likely N-dealkylation sites (tertiary alicyclic amines) is 1. The molecule has 0 radical (unpaired) electrons. The molecule has 3 amide bonds. The van der Waals surface area contributed by atoms with Crippen molar-refractivity contribution in [3.05, 3.63) is 30.1 Å². The van der Waals surface area contributed by atoms with Crippen LogP contribution in [0.4, 0.5) is 14.9 Å². The number of nitrogens with zero attached hydrogens (tertiary/aromatic N) is 2. The number of benzene rings is 1. The van der Waals surface area contributed by atoms with Gasteiger partial charge in [0.15, 0.2) is 0 Å². The van der Waals surface area contributed by atoms with Crippen LogP contribution < -0.4 is 10.2 Å². The molecular formula is C18H22FN3O4. The lowest BCUT2D eigenvalue weighted by molar-refractivity contribution is -0.146. The Labute approximate surface area is 151 Å². The van der Waals surface area contributed by atoms with E-state index in [1.165, 1.54) is 19.2 Å². The Morgan fingerprint density at radius 1 is 1.19 bits per heavy atom. The molecular weight excluding hydrogens is 341 g/mol. The van der Waals surface area contributed by atoms with Crippen LogP contribution in [0.2, 0.25) is 0 Å². The fourth-order valence-corrected chi connectivity index (χ4v) is 3.43. The minimum absolute atomic E-state index is 0.105. The van der Waals surface area contributed by atoms with E-state index in [-0.39, 0.29) is 42.1 Å². The van der Waals surface area contributed by atoms with Crippen molar-refractivity contribution in [1.29, 1.82) is 0 Å². The number of methoxy groups -OCH3 is 1. The van der Waals surface area contributed by atoms with E-state index in [2.05, 4.69) is 5.32 Å². The summed E-state index contributed by atoms with van der Waals surface area (Å²) in [7, 11) is 1.37. The Hall–Kier alpha value is -2.64. The van der Waals surface area contributed by atoms with Crippen LogP contribution in [-0.4, -0.2) is 55.6 Å². The van der Waals surface area contributed by atoms with E-state index in [0.29, 0.717) is 38.2 Å². The van der Waals surface area contributed by atoms with E-state index >= 15 is 0 Å². The van der Waals surface area contributed by atoms with E-state index in [0.717, 1.165) is 0 Å². The molecule has 3 rings (SSSR count). The molecule has 2 heterocycles. The van der Waals surface area contributed by atoms with Crippen LogP contribution in [-0.2, 0) is 14.3 Å². The molecule has 0 spiro atoms. The number of hydrogen-bond donors (Lipinski definition) is 1. The van der Waals surface area contributed by atoms with Crippen molar-refractivity contribution >= 4 is 23.6 Å². The van der Waals surface area contributed by atoms with Crippen LogP contribution in [0.15, 0.2) is 24.3 Å². The molecule has 0 aromatic heterocycles. The number of nitrogens with one attached hydrogen (secondary N) is 1. The highest BCUT2D eigenvalue weighted by atomic mass is 19.1. The highest BCUT2D eigenvalue weighted by Gasteiger charge is 2.34. The molecule has 7 nitrogen and oxygen atoms in total. The fourth-order valence-electron chi connectivity index (χ4n) is 3.43. The monoisotopic (exact) mass is 363 g/mol. The summed E-state index contributed by atoms with van der Waals surface area (Å²) in [6.07, 6.45) is 1.36. The first-order valence-corrected chi connectivity index (χ1v) is 8.67. The number of rotatable bonds is 3. The number of esters is 1. The zero-order valence-electron chi connectivity index (χ0n) is 14.6. The van der Waals surface area contributed by atoms with E-state index in [1.807, 2.05) is 0 Å². The summed E-state index contributed by atoms with van der Waals surface area (Å²) in [6, 6.07) is 5.19. The highest BCUT2D eigenvalue weighted by Crippen LogP contribution is 2.23. The first-order chi connectivity index (χ1) is 12.5. The molecule has 8 heteroatoms. The second kappa shape index (κ2) is 7.72. The van der Waals surface area contributed by atoms with Gasteiger partial charge in [-0.25, -0.2) is 9.18 Å². The van der Waals surface area contributed by atoms with E-state index in [1.54, 1.807) is 21.9 Å². The Kier molecular flexibility index (Phi) is 5.39. The maximum absolute atomic E-state index is 13.0. The summed E-state index contributed by atoms with van der Waals surface area (Å²) < 4.78 is 17.8. The van der Waals surface area contributed by atoms with Crippen LogP contribution in [0.25, 0.3) is 0 Å². The Morgan fingerprint density at radius 3 is 2.46 bits per heavy atom. The van der Waals surface area contributed by atoms with Crippen LogP contribution in [0.3, 0.4) is 0 Å². The molecule has 2 saturated heterocycles. The SMILES string of the molecule is COC(=O)C1CCN(C(=O)NC2CC(=O)N(c3ccc(F)cc3)C2)CC1. The van der Waals surface area contributed by atoms with Crippen molar-refractivity contribution in [3.8, 4) is 0 Å². The minimum atomic E-state index is -0.361. The largest absolute Gasteiger partial charge is 0.469 e. The molecule has 0 bridgehead atoms. The highest BCUT2D eigenvalue weighted by molar-refractivity contribution is 5.96. The standard InChI is InChI=1S/C18H22FN3O4/c1-26-17(24)12-6-8-21(9-7-12)18(25)20-14-10-16(23)22(11-14)15-4-2-13(19)3-5-15/h2-5,12,14H,6-11H2,1H3,(H,20,25). The van der Waals surface area contributed by atoms with Gasteiger partial charge >= 0.3 is 12.0 Å². The molecule has 1 aromatic carbocycles. The molecule has 1 atom stereocenters. The average Bonchev–Trinajstić information content (AvgIpc) is 3.02. The summed E-state index contributed by atoms with van der Waals surface area (Å²) in [6.45, 7) is 1.32. The molecule has 1 aromatic rings. The number of urea groups is 1.